The van der Waals surface area contributed by atoms with Gasteiger partial charge in [-0.1, -0.05) is 13.8 Å². The number of hydrogen-bond acceptors (Lipinski definition) is 2. The number of rotatable bonds is 8. The molecule has 0 heterocycles. The second-order valence-corrected chi connectivity index (χ2v) is 3.93. The molecule has 2 nitrogen and oxygen atoms in total. The molecule has 5 heteroatoms. The Morgan fingerprint density at radius 1 is 1.20 bits per heavy atom. The van der Waals surface area contributed by atoms with Gasteiger partial charge in [0, 0.05) is 6.61 Å². The minimum Gasteiger partial charge on any atom is -0.381 e. The number of hydrogen-bond donors (Lipinski definition) is 1. The zero-order chi connectivity index (χ0) is 11.7. The molecule has 0 spiro atoms. The molecule has 0 rings (SSSR count). The first-order chi connectivity index (χ1) is 6.92. The van der Waals surface area contributed by atoms with Crippen LogP contribution >= 0.6 is 0 Å². The first kappa shape index (κ1) is 14.7. The molecule has 0 radical (unpaired) electrons. The van der Waals surface area contributed by atoms with Crippen LogP contribution in [-0.4, -0.2) is 32.5 Å². The number of halogens is 3. The van der Waals surface area contributed by atoms with Gasteiger partial charge in [0.25, 0.3) is 0 Å². The van der Waals surface area contributed by atoms with Crippen LogP contribution in [0.5, 0.6) is 0 Å². The SMILES string of the molecule is CC(C)CNCCCOCCC(F)(F)F. The molecule has 92 valence electrons. The second kappa shape index (κ2) is 7.93. The topological polar surface area (TPSA) is 21.3 Å². The molecule has 0 aliphatic rings. The van der Waals surface area contributed by atoms with E-state index in [9.17, 15) is 13.2 Å². The zero-order valence-electron chi connectivity index (χ0n) is 9.36. The molecule has 0 unspecified atom stereocenters. The first-order valence-electron chi connectivity index (χ1n) is 5.27. The van der Waals surface area contributed by atoms with Crippen molar-refractivity contribution in [3.05, 3.63) is 0 Å². The van der Waals surface area contributed by atoms with Crippen molar-refractivity contribution in [2.45, 2.75) is 32.9 Å². The van der Waals surface area contributed by atoms with Gasteiger partial charge in [-0.15, -0.1) is 0 Å². The summed E-state index contributed by atoms with van der Waals surface area (Å²) in [5.74, 6) is 0.594. The third kappa shape index (κ3) is 13.7. The lowest BCUT2D eigenvalue weighted by molar-refractivity contribution is -0.145. The Morgan fingerprint density at radius 2 is 1.87 bits per heavy atom. The molecular weight excluding hydrogens is 207 g/mol. The van der Waals surface area contributed by atoms with E-state index < -0.39 is 12.6 Å². The van der Waals surface area contributed by atoms with Crippen molar-refractivity contribution in [2.24, 2.45) is 5.92 Å². The molecule has 0 aromatic carbocycles. The summed E-state index contributed by atoms with van der Waals surface area (Å²) in [7, 11) is 0. The van der Waals surface area contributed by atoms with Crippen molar-refractivity contribution in [1.29, 1.82) is 0 Å². The maximum absolute atomic E-state index is 11.7. The lowest BCUT2D eigenvalue weighted by Crippen LogP contribution is -2.22. The molecule has 0 saturated heterocycles. The predicted molar refractivity (Wildman–Crippen MR) is 53.8 cm³/mol. The van der Waals surface area contributed by atoms with E-state index in [0.717, 1.165) is 19.5 Å². The molecule has 0 saturated carbocycles. The Kier molecular flexibility index (Phi) is 7.78. The highest BCUT2D eigenvalue weighted by Gasteiger charge is 2.26. The summed E-state index contributed by atoms with van der Waals surface area (Å²) in [6.07, 6.45) is -4.20. The molecule has 0 aliphatic heterocycles. The molecule has 0 fully saturated rings. The van der Waals surface area contributed by atoms with Gasteiger partial charge in [0.15, 0.2) is 0 Å². The van der Waals surface area contributed by atoms with E-state index in [1.807, 2.05) is 0 Å². The van der Waals surface area contributed by atoms with Crippen LogP contribution in [0.25, 0.3) is 0 Å². The summed E-state index contributed by atoms with van der Waals surface area (Å²) >= 11 is 0. The third-order valence-corrected chi connectivity index (χ3v) is 1.72. The number of ether oxygens (including phenoxy) is 1. The summed E-state index contributed by atoms with van der Waals surface area (Å²) < 4.78 is 39.9. The van der Waals surface area contributed by atoms with Gasteiger partial charge in [-0.25, -0.2) is 0 Å². The molecule has 0 aromatic rings. The lowest BCUT2D eigenvalue weighted by Gasteiger charge is -2.08. The van der Waals surface area contributed by atoms with E-state index >= 15 is 0 Å². The smallest absolute Gasteiger partial charge is 0.381 e. The van der Waals surface area contributed by atoms with Crippen molar-refractivity contribution in [3.8, 4) is 0 Å². The maximum atomic E-state index is 11.7. The van der Waals surface area contributed by atoms with Crippen LogP contribution in [0.4, 0.5) is 13.2 Å². The Labute approximate surface area is 89.2 Å². The van der Waals surface area contributed by atoms with Gasteiger partial charge in [0.1, 0.15) is 0 Å². The fourth-order valence-corrected chi connectivity index (χ4v) is 0.980. The van der Waals surface area contributed by atoms with Crippen LogP contribution in [0.3, 0.4) is 0 Å². The van der Waals surface area contributed by atoms with E-state index in [0.29, 0.717) is 12.5 Å². The van der Waals surface area contributed by atoms with E-state index in [2.05, 4.69) is 19.2 Å². The predicted octanol–water partition coefficient (Wildman–Crippen LogP) is 2.59. The average Bonchev–Trinajstić information content (AvgIpc) is 2.07. The Bertz CT molecular complexity index is 148. The average molecular weight is 227 g/mol. The van der Waals surface area contributed by atoms with Gasteiger partial charge >= 0.3 is 6.18 Å². The molecule has 0 bridgehead atoms. The van der Waals surface area contributed by atoms with Gasteiger partial charge in [-0.2, -0.15) is 13.2 Å². The van der Waals surface area contributed by atoms with E-state index in [1.54, 1.807) is 0 Å². The Hall–Kier alpha value is -0.290. The highest BCUT2D eigenvalue weighted by Crippen LogP contribution is 2.18. The summed E-state index contributed by atoms with van der Waals surface area (Å²) in [6.45, 7) is 6.10. The van der Waals surface area contributed by atoms with Crippen molar-refractivity contribution < 1.29 is 17.9 Å². The minimum atomic E-state index is -4.10. The normalized spacial score (nSPS) is 12.4. The van der Waals surface area contributed by atoms with Crippen molar-refractivity contribution >= 4 is 0 Å². The van der Waals surface area contributed by atoms with Gasteiger partial charge in [-0.05, 0) is 25.4 Å². The summed E-state index contributed by atoms with van der Waals surface area (Å²) in [4.78, 5) is 0. The van der Waals surface area contributed by atoms with E-state index in [1.165, 1.54) is 0 Å². The molecular formula is C10H20F3NO. The van der Waals surface area contributed by atoms with Crippen LogP contribution in [0.15, 0.2) is 0 Å². The minimum absolute atomic E-state index is 0.228. The van der Waals surface area contributed by atoms with Crippen molar-refractivity contribution in [3.63, 3.8) is 0 Å². The third-order valence-electron chi connectivity index (χ3n) is 1.72. The molecule has 0 aliphatic carbocycles. The van der Waals surface area contributed by atoms with Gasteiger partial charge in [0.2, 0.25) is 0 Å². The molecule has 1 N–H and O–H groups in total. The molecule has 0 amide bonds. The standard InChI is InChI=1S/C10H20F3NO/c1-9(2)8-14-5-3-6-15-7-4-10(11,12)13/h9,14H,3-8H2,1-2H3. The summed E-state index contributed by atoms with van der Waals surface area (Å²) in [5, 5.41) is 3.19. The van der Waals surface area contributed by atoms with Gasteiger partial charge in [0.05, 0.1) is 13.0 Å². The first-order valence-corrected chi connectivity index (χ1v) is 5.27. The summed E-state index contributed by atoms with van der Waals surface area (Å²) in [5.41, 5.74) is 0. The fraction of sp³-hybridized carbons (Fsp3) is 1.00. The summed E-state index contributed by atoms with van der Waals surface area (Å²) in [6, 6.07) is 0. The lowest BCUT2D eigenvalue weighted by atomic mass is 10.2. The number of nitrogens with one attached hydrogen (secondary N) is 1. The molecule has 0 atom stereocenters. The van der Waals surface area contributed by atoms with Crippen LogP contribution < -0.4 is 5.32 Å². The van der Waals surface area contributed by atoms with Gasteiger partial charge < -0.3 is 10.1 Å². The number of alkyl halides is 3. The van der Waals surface area contributed by atoms with Crippen LogP contribution in [0.2, 0.25) is 0 Å². The van der Waals surface area contributed by atoms with Crippen molar-refractivity contribution in [2.75, 3.05) is 26.3 Å². The van der Waals surface area contributed by atoms with E-state index in [4.69, 9.17) is 4.74 Å². The second-order valence-electron chi connectivity index (χ2n) is 3.93. The van der Waals surface area contributed by atoms with Crippen LogP contribution in [-0.2, 0) is 4.74 Å². The van der Waals surface area contributed by atoms with Crippen molar-refractivity contribution in [1.82, 2.24) is 5.32 Å². The molecule has 15 heavy (non-hydrogen) atoms. The fourth-order valence-electron chi connectivity index (χ4n) is 0.980. The van der Waals surface area contributed by atoms with Crippen LogP contribution in [0.1, 0.15) is 26.7 Å². The largest absolute Gasteiger partial charge is 0.391 e. The zero-order valence-corrected chi connectivity index (χ0v) is 9.36. The molecule has 0 aromatic heterocycles. The Morgan fingerprint density at radius 3 is 2.40 bits per heavy atom. The maximum Gasteiger partial charge on any atom is 0.391 e. The highest BCUT2D eigenvalue weighted by atomic mass is 19.4. The highest BCUT2D eigenvalue weighted by molar-refractivity contribution is 4.52. The van der Waals surface area contributed by atoms with Crippen LogP contribution in [0, 0.1) is 5.92 Å². The monoisotopic (exact) mass is 227 g/mol. The van der Waals surface area contributed by atoms with Gasteiger partial charge in [-0.3, -0.25) is 0 Å². The quantitative estimate of drug-likeness (QED) is 0.643. The van der Waals surface area contributed by atoms with E-state index in [-0.39, 0.29) is 6.61 Å². The Balaban J connectivity index is 3.06.